The van der Waals surface area contributed by atoms with E-state index in [2.05, 4.69) is 24.1 Å². The fraction of sp³-hybridized carbons (Fsp3) is 0.923. The Labute approximate surface area is 99.6 Å². The van der Waals surface area contributed by atoms with Crippen LogP contribution in [-0.4, -0.2) is 36.5 Å². The summed E-state index contributed by atoms with van der Waals surface area (Å²) in [6, 6.07) is 0.308. The van der Waals surface area contributed by atoms with Crippen molar-refractivity contribution < 1.29 is 4.79 Å². The van der Waals surface area contributed by atoms with E-state index in [-0.39, 0.29) is 0 Å². The van der Waals surface area contributed by atoms with Crippen LogP contribution in [0.2, 0.25) is 0 Å². The molecule has 0 aromatic rings. The fourth-order valence-corrected chi connectivity index (χ4v) is 2.31. The molecule has 94 valence electrons. The minimum atomic E-state index is 0.308. The zero-order valence-corrected chi connectivity index (χ0v) is 10.8. The Morgan fingerprint density at radius 1 is 1.19 bits per heavy atom. The van der Waals surface area contributed by atoms with Gasteiger partial charge in [-0.3, -0.25) is 4.79 Å². The molecular formula is C13H26N2O. The maximum atomic E-state index is 12.0. The molecule has 0 aromatic heterocycles. The summed E-state index contributed by atoms with van der Waals surface area (Å²) >= 11 is 0. The van der Waals surface area contributed by atoms with Crippen LogP contribution in [-0.2, 0) is 4.79 Å². The zero-order valence-electron chi connectivity index (χ0n) is 10.8. The average molecular weight is 226 g/mol. The van der Waals surface area contributed by atoms with Gasteiger partial charge in [-0.25, -0.2) is 0 Å². The average Bonchev–Trinajstić information content (AvgIpc) is 2.16. The third kappa shape index (κ3) is 4.97. The lowest BCUT2D eigenvalue weighted by Crippen LogP contribution is -2.38. The molecule has 0 spiro atoms. The van der Waals surface area contributed by atoms with Crippen LogP contribution in [0.1, 0.15) is 52.4 Å². The molecule has 0 aliphatic carbocycles. The summed E-state index contributed by atoms with van der Waals surface area (Å²) in [5.41, 5.74) is 0. The van der Waals surface area contributed by atoms with E-state index in [1.807, 2.05) is 0 Å². The highest BCUT2D eigenvalue weighted by molar-refractivity contribution is 5.76. The van der Waals surface area contributed by atoms with Crippen molar-refractivity contribution in [1.82, 2.24) is 10.2 Å². The van der Waals surface area contributed by atoms with E-state index in [0.29, 0.717) is 18.4 Å². The van der Waals surface area contributed by atoms with E-state index in [1.54, 1.807) is 0 Å². The van der Waals surface area contributed by atoms with Gasteiger partial charge in [0.15, 0.2) is 0 Å². The van der Waals surface area contributed by atoms with Crippen LogP contribution in [0.25, 0.3) is 0 Å². The van der Waals surface area contributed by atoms with E-state index < -0.39 is 0 Å². The molecule has 3 nitrogen and oxygen atoms in total. The van der Waals surface area contributed by atoms with Gasteiger partial charge in [0.1, 0.15) is 0 Å². The molecule has 1 atom stereocenters. The lowest BCUT2D eigenvalue weighted by atomic mass is 10.1. The van der Waals surface area contributed by atoms with Crippen LogP contribution >= 0.6 is 0 Å². The molecule has 0 aromatic carbocycles. The van der Waals surface area contributed by atoms with Crippen molar-refractivity contribution in [1.29, 1.82) is 0 Å². The highest BCUT2D eigenvalue weighted by Crippen LogP contribution is 2.11. The van der Waals surface area contributed by atoms with E-state index in [0.717, 1.165) is 19.6 Å². The molecule has 1 aliphatic rings. The third-order valence-corrected chi connectivity index (χ3v) is 3.24. The quantitative estimate of drug-likeness (QED) is 0.797. The van der Waals surface area contributed by atoms with Crippen molar-refractivity contribution in [2.75, 3.05) is 19.6 Å². The van der Waals surface area contributed by atoms with Gasteiger partial charge in [-0.15, -0.1) is 0 Å². The van der Waals surface area contributed by atoms with E-state index in [4.69, 9.17) is 0 Å². The van der Waals surface area contributed by atoms with Gasteiger partial charge >= 0.3 is 0 Å². The maximum absolute atomic E-state index is 12.0. The topological polar surface area (TPSA) is 32.3 Å². The molecule has 1 amide bonds. The number of hydrogen-bond acceptors (Lipinski definition) is 2. The third-order valence-electron chi connectivity index (χ3n) is 3.24. The van der Waals surface area contributed by atoms with Crippen molar-refractivity contribution in [3.63, 3.8) is 0 Å². The standard InChI is InChI=1S/C13H26N2O/c1-3-14-12(2)11-13(16)15-9-7-5-4-6-8-10-15/h12,14H,3-11H2,1-2H3. The summed E-state index contributed by atoms with van der Waals surface area (Å²) in [5, 5.41) is 3.30. The summed E-state index contributed by atoms with van der Waals surface area (Å²) in [6.45, 7) is 7.05. The Morgan fingerprint density at radius 3 is 2.31 bits per heavy atom. The first-order valence-electron chi connectivity index (χ1n) is 6.75. The first kappa shape index (κ1) is 13.5. The Balaban J connectivity index is 2.32. The molecule has 1 rings (SSSR count). The monoisotopic (exact) mass is 226 g/mol. The van der Waals surface area contributed by atoms with Gasteiger partial charge in [-0.1, -0.05) is 26.2 Å². The molecule has 3 heteroatoms. The highest BCUT2D eigenvalue weighted by atomic mass is 16.2. The van der Waals surface area contributed by atoms with Crippen molar-refractivity contribution in [2.24, 2.45) is 0 Å². The van der Waals surface area contributed by atoms with E-state index in [9.17, 15) is 4.79 Å². The zero-order chi connectivity index (χ0) is 11.8. The van der Waals surface area contributed by atoms with Crippen molar-refractivity contribution in [2.45, 2.75) is 58.4 Å². The van der Waals surface area contributed by atoms with Crippen molar-refractivity contribution in [3.8, 4) is 0 Å². The van der Waals surface area contributed by atoms with Crippen LogP contribution in [0, 0.1) is 0 Å². The number of carbonyl (C=O) groups is 1. The first-order valence-corrected chi connectivity index (χ1v) is 6.75. The number of carbonyl (C=O) groups excluding carboxylic acids is 1. The van der Waals surface area contributed by atoms with Crippen LogP contribution < -0.4 is 5.32 Å². The second-order valence-corrected chi connectivity index (χ2v) is 4.81. The normalized spacial score (nSPS) is 20.0. The molecule has 1 unspecified atom stereocenters. The molecule has 1 aliphatic heterocycles. The predicted molar refractivity (Wildman–Crippen MR) is 67.4 cm³/mol. The smallest absolute Gasteiger partial charge is 0.224 e. The summed E-state index contributed by atoms with van der Waals surface area (Å²) in [4.78, 5) is 14.1. The summed E-state index contributed by atoms with van der Waals surface area (Å²) in [6.07, 6.45) is 6.92. The fourth-order valence-electron chi connectivity index (χ4n) is 2.31. The van der Waals surface area contributed by atoms with Crippen molar-refractivity contribution in [3.05, 3.63) is 0 Å². The Bertz CT molecular complexity index is 198. The van der Waals surface area contributed by atoms with E-state index >= 15 is 0 Å². The molecule has 1 heterocycles. The number of rotatable bonds is 4. The van der Waals surface area contributed by atoms with E-state index in [1.165, 1.54) is 32.1 Å². The number of hydrogen-bond donors (Lipinski definition) is 1. The van der Waals surface area contributed by atoms with Gasteiger partial charge in [-0.2, -0.15) is 0 Å². The molecule has 0 radical (unpaired) electrons. The second kappa shape index (κ2) is 7.66. The Kier molecular flexibility index (Phi) is 6.46. The second-order valence-electron chi connectivity index (χ2n) is 4.81. The predicted octanol–water partition coefficient (Wildman–Crippen LogP) is 2.17. The Hall–Kier alpha value is -0.570. The van der Waals surface area contributed by atoms with Crippen molar-refractivity contribution >= 4 is 5.91 Å². The molecule has 1 saturated heterocycles. The molecular weight excluding hydrogens is 200 g/mol. The van der Waals surface area contributed by atoms with Gasteiger partial charge < -0.3 is 10.2 Å². The highest BCUT2D eigenvalue weighted by Gasteiger charge is 2.16. The number of amides is 1. The lowest BCUT2D eigenvalue weighted by molar-refractivity contribution is -0.132. The minimum Gasteiger partial charge on any atom is -0.343 e. The molecule has 1 fully saturated rings. The van der Waals surface area contributed by atoms with Crippen LogP contribution in [0.4, 0.5) is 0 Å². The number of nitrogens with zero attached hydrogens (tertiary/aromatic N) is 1. The summed E-state index contributed by atoms with van der Waals surface area (Å²) in [5.74, 6) is 0.329. The largest absolute Gasteiger partial charge is 0.343 e. The maximum Gasteiger partial charge on any atom is 0.224 e. The first-order chi connectivity index (χ1) is 7.74. The molecule has 16 heavy (non-hydrogen) atoms. The molecule has 0 saturated carbocycles. The number of likely N-dealkylation sites (tertiary alicyclic amines) is 1. The summed E-state index contributed by atoms with van der Waals surface area (Å²) in [7, 11) is 0. The van der Waals surface area contributed by atoms with Gasteiger partial charge in [0.05, 0.1) is 0 Å². The minimum absolute atomic E-state index is 0.308. The molecule has 0 bridgehead atoms. The van der Waals surface area contributed by atoms with Gasteiger partial charge in [-0.05, 0) is 26.3 Å². The van der Waals surface area contributed by atoms with Crippen LogP contribution in [0.3, 0.4) is 0 Å². The lowest BCUT2D eigenvalue weighted by Gasteiger charge is -2.26. The van der Waals surface area contributed by atoms with Gasteiger partial charge in [0, 0.05) is 25.6 Å². The number of nitrogens with one attached hydrogen (secondary N) is 1. The summed E-state index contributed by atoms with van der Waals surface area (Å²) < 4.78 is 0. The van der Waals surface area contributed by atoms with Gasteiger partial charge in [0.2, 0.25) is 5.91 Å². The SMILES string of the molecule is CCNC(C)CC(=O)N1CCCCCCC1. The Morgan fingerprint density at radius 2 is 1.75 bits per heavy atom. The molecule has 1 N–H and O–H groups in total. The van der Waals surface area contributed by atoms with Gasteiger partial charge in [0.25, 0.3) is 0 Å². The van der Waals surface area contributed by atoms with Crippen LogP contribution in [0.5, 0.6) is 0 Å². The van der Waals surface area contributed by atoms with Crippen LogP contribution in [0.15, 0.2) is 0 Å².